The second-order valence-electron chi connectivity index (χ2n) is 3.16. The molecule has 2 aromatic rings. The maximum atomic E-state index is 11.8. The van der Waals surface area contributed by atoms with Crippen LogP contribution in [-0.4, -0.2) is 16.1 Å². The van der Waals surface area contributed by atoms with E-state index in [1.807, 2.05) is 12.3 Å². The molecule has 1 N–H and O–H groups in total. The number of thiophene rings is 1. The fourth-order valence-electron chi connectivity index (χ4n) is 1.16. The van der Waals surface area contributed by atoms with Crippen molar-refractivity contribution in [2.45, 2.75) is 6.92 Å². The van der Waals surface area contributed by atoms with E-state index in [4.69, 9.17) is 11.6 Å². The van der Waals surface area contributed by atoms with Crippen molar-refractivity contribution in [3.63, 3.8) is 0 Å². The molecule has 0 bridgehead atoms. The van der Waals surface area contributed by atoms with Gasteiger partial charge in [-0.25, -0.2) is 0 Å². The van der Waals surface area contributed by atoms with Gasteiger partial charge >= 0.3 is 0 Å². The molecule has 82 valence electrons. The van der Waals surface area contributed by atoms with Crippen LogP contribution in [0, 0.1) is 6.92 Å². The number of hydrogen-bond donors (Lipinski definition) is 1. The number of carbonyl (C=O) groups excluding carboxylic acids is 1. The Morgan fingerprint density at radius 2 is 2.19 bits per heavy atom. The molecule has 2 rings (SSSR count). The van der Waals surface area contributed by atoms with Crippen LogP contribution in [0.3, 0.4) is 0 Å². The zero-order valence-corrected chi connectivity index (χ0v) is 9.97. The molecule has 0 aliphatic rings. The molecular formula is C10H8ClN3OS. The minimum Gasteiger partial charge on any atom is -0.305 e. The Morgan fingerprint density at radius 3 is 2.75 bits per heavy atom. The molecule has 0 spiro atoms. The van der Waals surface area contributed by atoms with Crippen molar-refractivity contribution in [2.75, 3.05) is 5.32 Å². The van der Waals surface area contributed by atoms with E-state index >= 15 is 0 Å². The lowest BCUT2D eigenvalue weighted by Gasteiger charge is -2.02. The van der Waals surface area contributed by atoms with E-state index in [2.05, 4.69) is 15.5 Å². The first-order valence-corrected chi connectivity index (χ1v) is 5.82. The number of anilines is 1. The van der Waals surface area contributed by atoms with Gasteiger partial charge in [0.15, 0.2) is 11.0 Å². The van der Waals surface area contributed by atoms with E-state index in [-0.39, 0.29) is 5.91 Å². The van der Waals surface area contributed by atoms with Gasteiger partial charge in [-0.05, 0) is 30.0 Å². The molecule has 1 amide bonds. The number of halogens is 1. The molecule has 6 heteroatoms. The third kappa shape index (κ3) is 2.37. The molecular weight excluding hydrogens is 246 g/mol. The van der Waals surface area contributed by atoms with E-state index < -0.39 is 0 Å². The zero-order valence-electron chi connectivity index (χ0n) is 8.40. The van der Waals surface area contributed by atoms with Crippen LogP contribution in [0.15, 0.2) is 22.9 Å². The van der Waals surface area contributed by atoms with Gasteiger partial charge in [0, 0.05) is 5.38 Å². The van der Waals surface area contributed by atoms with Crippen LogP contribution in [0.2, 0.25) is 5.15 Å². The quantitative estimate of drug-likeness (QED) is 0.895. The summed E-state index contributed by atoms with van der Waals surface area (Å²) in [5.74, 6) is 0.204. The maximum absolute atomic E-state index is 11.8. The van der Waals surface area contributed by atoms with Crippen LogP contribution in [0.25, 0.3) is 0 Å². The second-order valence-corrected chi connectivity index (χ2v) is 4.29. The summed E-state index contributed by atoms with van der Waals surface area (Å²) in [6, 6.07) is 3.18. The van der Waals surface area contributed by atoms with E-state index in [0.717, 1.165) is 5.56 Å². The van der Waals surface area contributed by atoms with Gasteiger partial charge in [-0.1, -0.05) is 11.6 Å². The molecule has 4 nitrogen and oxygen atoms in total. The Balaban J connectivity index is 2.14. The normalized spacial score (nSPS) is 10.1. The summed E-state index contributed by atoms with van der Waals surface area (Å²) in [6.07, 6.45) is 0. The van der Waals surface area contributed by atoms with Gasteiger partial charge < -0.3 is 5.32 Å². The molecule has 2 heterocycles. The molecule has 0 saturated carbocycles. The monoisotopic (exact) mass is 253 g/mol. The largest absolute Gasteiger partial charge is 0.305 e. The van der Waals surface area contributed by atoms with Crippen molar-refractivity contribution in [2.24, 2.45) is 0 Å². The first-order chi connectivity index (χ1) is 7.66. The second kappa shape index (κ2) is 4.59. The van der Waals surface area contributed by atoms with Gasteiger partial charge in [-0.15, -0.1) is 10.2 Å². The molecule has 0 aromatic carbocycles. The summed E-state index contributed by atoms with van der Waals surface area (Å²) in [7, 11) is 0. The summed E-state index contributed by atoms with van der Waals surface area (Å²) in [5, 5.41) is 14.0. The number of aryl methyl sites for hydroxylation is 1. The summed E-state index contributed by atoms with van der Waals surface area (Å²) in [4.78, 5) is 11.8. The molecule has 16 heavy (non-hydrogen) atoms. The first-order valence-electron chi connectivity index (χ1n) is 4.50. The van der Waals surface area contributed by atoms with E-state index in [9.17, 15) is 4.79 Å². The number of nitrogens with one attached hydrogen (secondary N) is 1. The van der Waals surface area contributed by atoms with Gasteiger partial charge in [0.1, 0.15) is 0 Å². The van der Waals surface area contributed by atoms with Crippen LogP contribution < -0.4 is 5.32 Å². The van der Waals surface area contributed by atoms with Crippen LogP contribution in [0.1, 0.15) is 15.9 Å². The Labute approximate surface area is 101 Å². The molecule has 0 atom stereocenters. The van der Waals surface area contributed by atoms with E-state index in [0.29, 0.717) is 16.5 Å². The van der Waals surface area contributed by atoms with Crippen molar-refractivity contribution in [3.8, 4) is 0 Å². The van der Waals surface area contributed by atoms with Gasteiger partial charge in [-0.2, -0.15) is 11.3 Å². The summed E-state index contributed by atoms with van der Waals surface area (Å²) in [5.41, 5.74) is 1.60. The summed E-state index contributed by atoms with van der Waals surface area (Å²) < 4.78 is 0. The van der Waals surface area contributed by atoms with Crippen LogP contribution >= 0.6 is 22.9 Å². The third-order valence-corrected chi connectivity index (χ3v) is 3.04. The van der Waals surface area contributed by atoms with Crippen molar-refractivity contribution in [1.29, 1.82) is 0 Å². The van der Waals surface area contributed by atoms with Gasteiger partial charge in [-0.3, -0.25) is 4.79 Å². The van der Waals surface area contributed by atoms with Crippen molar-refractivity contribution < 1.29 is 4.79 Å². The SMILES string of the molecule is Cc1cscc1C(=O)Nc1ccc(Cl)nn1. The van der Waals surface area contributed by atoms with E-state index in [1.54, 1.807) is 17.5 Å². The predicted octanol–water partition coefficient (Wildman–Crippen LogP) is 2.75. The molecule has 0 aliphatic heterocycles. The van der Waals surface area contributed by atoms with E-state index in [1.165, 1.54) is 11.3 Å². The van der Waals surface area contributed by atoms with Crippen LogP contribution in [0.4, 0.5) is 5.82 Å². The standard InChI is InChI=1S/C10H8ClN3OS/c1-6-4-16-5-7(6)10(15)12-9-3-2-8(11)13-14-9/h2-5H,1H3,(H,12,14,15). The Bertz CT molecular complexity index is 509. The number of hydrogen-bond acceptors (Lipinski definition) is 4. The number of aromatic nitrogens is 2. The molecule has 0 fully saturated rings. The number of nitrogens with zero attached hydrogens (tertiary/aromatic N) is 2. The fourth-order valence-corrected chi connectivity index (χ4v) is 2.09. The lowest BCUT2D eigenvalue weighted by molar-refractivity contribution is 0.102. The number of rotatable bonds is 2. The Hall–Kier alpha value is -1.46. The van der Waals surface area contributed by atoms with Crippen molar-refractivity contribution in [1.82, 2.24) is 10.2 Å². The Kier molecular flexibility index (Phi) is 3.17. The van der Waals surface area contributed by atoms with Gasteiger partial charge in [0.2, 0.25) is 0 Å². The average Bonchev–Trinajstić information content (AvgIpc) is 2.68. The topological polar surface area (TPSA) is 54.9 Å². The minimum atomic E-state index is -0.185. The zero-order chi connectivity index (χ0) is 11.5. The maximum Gasteiger partial charge on any atom is 0.257 e. The smallest absolute Gasteiger partial charge is 0.257 e. The number of amides is 1. The highest BCUT2D eigenvalue weighted by Crippen LogP contribution is 2.15. The summed E-state index contributed by atoms with van der Waals surface area (Å²) in [6.45, 7) is 1.89. The molecule has 0 aliphatic carbocycles. The van der Waals surface area contributed by atoms with Crippen LogP contribution in [-0.2, 0) is 0 Å². The molecule has 2 aromatic heterocycles. The van der Waals surface area contributed by atoms with Crippen LogP contribution in [0.5, 0.6) is 0 Å². The molecule has 0 unspecified atom stereocenters. The van der Waals surface area contributed by atoms with Crippen molar-refractivity contribution in [3.05, 3.63) is 39.2 Å². The Morgan fingerprint density at radius 1 is 1.38 bits per heavy atom. The predicted molar refractivity (Wildman–Crippen MR) is 64.1 cm³/mol. The third-order valence-electron chi connectivity index (χ3n) is 1.97. The molecule has 0 saturated heterocycles. The highest BCUT2D eigenvalue weighted by Gasteiger charge is 2.10. The highest BCUT2D eigenvalue weighted by atomic mass is 35.5. The average molecular weight is 254 g/mol. The summed E-state index contributed by atoms with van der Waals surface area (Å²) >= 11 is 7.08. The van der Waals surface area contributed by atoms with Gasteiger partial charge in [0.05, 0.1) is 5.56 Å². The van der Waals surface area contributed by atoms with Gasteiger partial charge in [0.25, 0.3) is 5.91 Å². The lowest BCUT2D eigenvalue weighted by atomic mass is 10.2. The highest BCUT2D eigenvalue weighted by molar-refractivity contribution is 7.08. The minimum absolute atomic E-state index is 0.185. The molecule has 0 radical (unpaired) electrons. The lowest BCUT2D eigenvalue weighted by Crippen LogP contribution is -2.13. The number of carbonyl (C=O) groups is 1. The first kappa shape index (κ1) is 11.0. The van der Waals surface area contributed by atoms with Crippen molar-refractivity contribution >= 4 is 34.7 Å². The fraction of sp³-hybridized carbons (Fsp3) is 0.100.